The molecule has 0 amide bonds. The van der Waals surface area contributed by atoms with E-state index in [9.17, 15) is 26.3 Å². The molecule has 3 heterocycles. The van der Waals surface area contributed by atoms with E-state index in [-0.39, 0.29) is 17.3 Å². The first-order chi connectivity index (χ1) is 15.6. The van der Waals surface area contributed by atoms with Crippen molar-refractivity contribution in [3.63, 3.8) is 0 Å². The highest BCUT2D eigenvalue weighted by molar-refractivity contribution is 5.55. The van der Waals surface area contributed by atoms with Crippen molar-refractivity contribution in [3.8, 4) is 11.4 Å². The van der Waals surface area contributed by atoms with Crippen LogP contribution in [0.3, 0.4) is 0 Å². The molecule has 0 aliphatic carbocycles. The Morgan fingerprint density at radius 2 is 1.64 bits per heavy atom. The van der Waals surface area contributed by atoms with Crippen LogP contribution in [0.4, 0.5) is 26.3 Å². The molecule has 4 rings (SSSR count). The predicted molar refractivity (Wildman–Crippen MR) is 104 cm³/mol. The van der Waals surface area contributed by atoms with Gasteiger partial charge in [0.2, 0.25) is 11.7 Å². The Morgan fingerprint density at radius 1 is 0.939 bits per heavy atom. The lowest BCUT2D eigenvalue weighted by Gasteiger charge is -2.33. The zero-order valence-corrected chi connectivity index (χ0v) is 17.3. The van der Waals surface area contributed by atoms with E-state index in [0.717, 1.165) is 16.7 Å². The summed E-state index contributed by atoms with van der Waals surface area (Å²) in [7, 11) is 0. The second kappa shape index (κ2) is 9.14. The normalized spacial score (nSPS) is 16.4. The van der Waals surface area contributed by atoms with E-state index in [1.165, 1.54) is 24.5 Å². The number of alkyl halides is 6. The average Bonchev–Trinajstić information content (AvgIpc) is 3.37. The van der Waals surface area contributed by atoms with Gasteiger partial charge in [-0.2, -0.15) is 31.3 Å². The van der Waals surface area contributed by atoms with Gasteiger partial charge in [0.15, 0.2) is 0 Å². The molecule has 0 unspecified atom stereocenters. The van der Waals surface area contributed by atoms with Gasteiger partial charge in [0, 0.05) is 44.1 Å². The summed E-state index contributed by atoms with van der Waals surface area (Å²) in [6.45, 7) is 1.98. The first-order valence-corrected chi connectivity index (χ1v) is 10.1. The molecular weight excluding hydrogens is 454 g/mol. The minimum atomic E-state index is -4.47. The summed E-state index contributed by atoms with van der Waals surface area (Å²) in [5.74, 6) is 0.700. The number of hydrogen-bond acceptors (Lipinski definition) is 6. The maximum atomic E-state index is 12.9. The third-order valence-corrected chi connectivity index (χ3v) is 5.26. The van der Waals surface area contributed by atoms with E-state index in [4.69, 9.17) is 4.52 Å². The largest absolute Gasteiger partial charge is 0.416 e. The van der Waals surface area contributed by atoms with Crippen LogP contribution in [-0.4, -0.2) is 61.8 Å². The number of imidazole rings is 1. The number of hydrogen-bond donors (Lipinski definition) is 0. The molecule has 33 heavy (non-hydrogen) atoms. The van der Waals surface area contributed by atoms with Gasteiger partial charge < -0.3 is 9.09 Å². The van der Waals surface area contributed by atoms with Gasteiger partial charge in [0.25, 0.3) is 0 Å². The summed E-state index contributed by atoms with van der Waals surface area (Å²) in [6.07, 6.45) is -6.11. The lowest BCUT2D eigenvalue weighted by Crippen LogP contribution is -2.45. The molecule has 2 aromatic heterocycles. The molecule has 0 radical (unpaired) electrons. The molecule has 0 spiro atoms. The lowest BCUT2D eigenvalue weighted by atomic mass is 10.1. The molecule has 1 aliphatic rings. The van der Waals surface area contributed by atoms with Crippen molar-refractivity contribution in [2.24, 2.45) is 0 Å². The van der Waals surface area contributed by atoms with Crippen LogP contribution < -0.4 is 0 Å². The molecule has 0 saturated carbocycles. The number of benzene rings is 1. The molecule has 1 aliphatic heterocycles. The van der Waals surface area contributed by atoms with Crippen molar-refractivity contribution in [2.75, 3.05) is 26.2 Å². The van der Waals surface area contributed by atoms with Gasteiger partial charge >= 0.3 is 12.4 Å². The van der Waals surface area contributed by atoms with Crippen LogP contribution in [-0.2, 0) is 25.8 Å². The van der Waals surface area contributed by atoms with Crippen molar-refractivity contribution in [1.82, 2.24) is 29.5 Å². The van der Waals surface area contributed by atoms with Crippen molar-refractivity contribution >= 4 is 0 Å². The zero-order valence-electron chi connectivity index (χ0n) is 17.3. The first kappa shape index (κ1) is 23.2. The van der Waals surface area contributed by atoms with Crippen molar-refractivity contribution < 1.29 is 30.9 Å². The Kier molecular flexibility index (Phi) is 6.43. The maximum absolute atomic E-state index is 12.9. The Balaban J connectivity index is 1.31. The van der Waals surface area contributed by atoms with Crippen LogP contribution in [0.15, 0.2) is 41.2 Å². The van der Waals surface area contributed by atoms with Crippen LogP contribution in [0.2, 0.25) is 0 Å². The number of piperazine rings is 1. The van der Waals surface area contributed by atoms with E-state index in [0.29, 0.717) is 45.1 Å². The summed E-state index contributed by atoms with van der Waals surface area (Å²) >= 11 is 0. The number of aromatic nitrogens is 4. The minimum absolute atomic E-state index is 0.0752. The van der Waals surface area contributed by atoms with Crippen LogP contribution in [0.5, 0.6) is 0 Å². The Morgan fingerprint density at radius 3 is 2.30 bits per heavy atom. The number of nitrogens with zero attached hydrogens (tertiary/aromatic N) is 6. The Labute approximate surface area is 184 Å². The number of halogens is 6. The molecule has 0 N–H and O–H groups in total. The molecular formula is C20H20F6N6O. The van der Waals surface area contributed by atoms with Crippen LogP contribution >= 0.6 is 0 Å². The standard InChI is InChI=1S/C20H20F6N6O/c21-19(22,23)13-32-5-4-27-16(32)11-30-6-8-31(9-7-30)12-17-28-18(29-33-17)14-2-1-3-15(10-14)20(24,25)26/h1-5,10H,6-9,11-13H2. The van der Waals surface area contributed by atoms with Crippen LogP contribution in [0, 0.1) is 0 Å². The summed E-state index contributed by atoms with van der Waals surface area (Å²) in [6, 6.07) is 4.70. The Bertz CT molecular complexity index is 1070. The van der Waals surface area contributed by atoms with Gasteiger partial charge in [-0.1, -0.05) is 17.3 Å². The highest BCUT2D eigenvalue weighted by Crippen LogP contribution is 2.31. The molecule has 0 bridgehead atoms. The van der Waals surface area contributed by atoms with Crippen molar-refractivity contribution in [1.29, 1.82) is 0 Å². The van der Waals surface area contributed by atoms with Gasteiger partial charge in [0.05, 0.1) is 18.7 Å². The second-order valence-corrected chi connectivity index (χ2v) is 7.73. The quantitative estimate of drug-likeness (QED) is 0.506. The molecule has 178 valence electrons. The topological polar surface area (TPSA) is 63.2 Å². The van der Waals surface area contributed by atoms with E-state index in [2.05, 4.69) is 15.1 Å². The van der Waals surface area contributed by atoms with Crippen molar-refractivity contribution in [2.45, 2.75) is 32.0 Å². The predicted octanol–water partition coefficient (Wildman–Crippen LogP) is 3.83. The molecule has 7 nitrogen and oxygen atoms in total. The monoisotopic (exact) mass is 474 g/mol. The fourth-order valence-electron chi connectivity index (χ4n) is 3.60. The molecule has 1 saturated heterocycles. The van der Waals surface area contributed by atoms with E-state index in [1.807, 2.05) is 9.80 Å². The van der Waals surface area contributed by atoms with Gasteiger partial charge in [-0.25, -0.2) is 4.98 Å². The van der Waals surface area contributed by atoms with E-state index < -0.39 is 24.5 Å². The third kappa shape index (κ3) is 6.11. The number of rotatable bonds is 6. The highest BCUT2D eigenvalue weighted by atomic mass is 19.4. The first-order valence-electron chi connectivity index (χ1n) is 10.1. The Hall–Kier alpha value is -2.93. The molecule has 1 aromatic carbocycles. The smallest absolute Gasteiger partial charge is 0.338 e. The fraction of sp³-hybridized carbons (Fsp3) is 0.450. The average molecular weight is 474 g/mol. The fourth-order valence-corrected chi connectivity index (χ4v) is 3.60. The lowest BCUT2D eigenvalue weighted by molar-refractivity contribution is -0.141. The highest BCUT2D eigenvalue weighted by Gasteiger charge is 2.31. The van der Waals surface area contributed by atoms with Crippen molar-refractivity contribution in [3.05, 3.63) is 53.9 Å². The van der Waals surface area contributed by atoms with E-state index >= 15 is 0 Å². The van der Waals surface area contributed by atoms with Gasteiger partial charge in [-0.15, -0.1) is 0 Å². The summed E-state index contributed by atoms with van der Waals surface area (Å²) in [4.78, 5) is 12.3. The van der Waals surface area contributed by atoms with Crippen LogP contribution in [0.1, 0.15) is 17.3 Å². The molecule has 0 atom stereocenters. The molecule has 3 aromatic rings. The maximum Gasteiger partial charge on any atom is 0.416 e. The second-order valence-electron chi connectivity index (χ2n) is 7.73. The zero-order chi connectivity index (χ0) is 23.6. The van der Waals surface area contributed by atoms with Gasteiger partial charge in [0.1, 0.15) is 12.4 Å². The SMILES string of the molecule is FC(F)(F)Cn1ccnc1CN1CCN(Cc2nc(-c3cccc(C(F)(F)F)c3)no2)CC1. The summed E-state index contributed by atoms with van der Waals surface area (Å²) in [5.41, 5.74) is -0.586. The molecule has 13 heteroatoms. The third-order valence-electron chi connectivity index (χ3n) is 5.26. The minimum Gasteiger partial charge on any atom is -0.338 e. The van der Waals surface area contributed by atoms with Gasteiger partial charge in [-0.3, -0.25) is 9.80 Å². The molecule has 1 fully saturated rings. The summed E-state index contributed by atoms with van der Waals surface area (Å²) in [5, 5.41) is 3.79. The van der Waals surface area contributed by atoms with E-state index in [1.54, 1.807) is 0 Å². The van der Waals surface area contributed by atoms with Crippen LogP contribution in [0.25, 0.3) is 11.4 Å². The van der Waals surface area contributed by atoms with Gasteiger partial charge in [-0.05, 0) is 12.1 Å². The summed E-state index contributed by atoms with van der Waals surface area (Å²) < 4.78 is 83.1.